The van der Waals surface area contributed by atoms with Crippen LogP contribution in [0.3, 0.4) is 0 Å². The fraction of sp³-hybridized carbons (Fsp3) is 0.455. The third kappa shape index (κ3) is 11.4. The van der Waals surface area contributed by atoms with Crippen molar-refractivity contribution in [3.05, 3.63) is 29.8 Å². The van der Waals surface area contributed by atoms with E-state index in [0.717, 1.165) is 0 Å². The molecular weight excluding hydrogens is 494 g/mol. The standard InChI is InChI=1S/C22H31N5O10/c23-13(5-8-18(31)32)19(33)27-16(10-28)21(35)26-15(9-11-1-3-12(29)4-2-11)20(34)25-14(22(36)37)6-7-17(24)30/h1-4,13-16,28-29H,5-10,23H2,(H2,24,30)(H,25,34)(H,26,35)(H,27,33)(H,31,32)(H,36,37). The van der Waals surface area contributed by atoms with Crippen LogP contribution in [0.5, 0.6) is 5.75 Å². The van der Waals surface area contributed by atoms with Gasteiger partial charge in [-0.1, -0.05) is 12.1 Å². The summed E-state index contributed by atoms with van der Waals surface area (Å²) in [6, 6.07) is -0.187. The number of aliphatic hydroxyl groups is 1. The molecular formula is C22H31N5O10. The van der Waals surface area contributed by atoms with Crippen LogP contribution in [0.4, 0.5) is 0 Å². The Bertz CT molecular complexity index is 985. The first-order valence-electron chi connectivity index (χ1n) is 11.1. The van der Waals surface area contributed by atoms with E-state index in [9.17, 15) is 44.1 Å². The quantitative estimate of drug-likeness (QED) is 0.104. The molecule has 0 radical (unpaired) electrons. The number of phenolic OH excluding ortho intramolecular Hbond substituents is 1. The number of carbonyl (C=O) groups excluding carboxylic acids is 4. The van der Waals surface area contributed by atoms with Crippen molar-refractivity contribution in [3.63, 3.8) is 0 Å². The second-order valence-electron chi connectivity index (χ2n) is 8.12. The summed E-state index contributed by atoms with van der Waals surface area (Å²) in [7, 11) is 0. The van der Waals surface area contributed by atoms with Crippen molar-refractivity contribution in [2.75, 3.05) is 6.61 Å². The molecule has 0 aromatic heterocycles. The first-order valence-corrected chi connectivity index (χ1v) is 11.1. The van der Waals surface area contributed by atoms with Gasteiger partial charge >= 0.3 is 11.9 Å². The average molecular weight is 526 g/mol. The molecule has 1 aromatic rings. The third-order valence-electron chi connectivity index (χ3n) is 5.12. The fourth-order valence-electron chi connectivity index (χ4n) is 3.05. The first-order chi connectivity index (χ1) is 17.3. The van der Waals surface area contributed by atoms with Gasteiger partial charge in [0.05, 0.1) is 12.6 Å². The number of aliphatic carboxylic acids is 2. The second kappa shape index (κ2) is 15.0. The van der Waals surface area contributed by atoms with Gasteiger partial charge in [-0.25, -0.2) is 4.79 Å². The summed E-state index contributed by atoms with van der Waals surface area (Å²) in [4.78, 5) is 71.1. The summed E-state index contributed by atoms with van der Waals surface area (Å²) >= 11 is 0. The van der Waals surface area contributed by atoms with Gasteiger partial charge < -0.3 is 47.8 Å². The SMILES string of the molecule is NC(=O)CCC(NC(=O)C(Cc1ccc(O)cc1)NC(=O)C(CO)NC(=O)C(N)CCC(=O)O)C(=O)O. The number of rotatable bonds is 16. The van der Waals surface area contributed by atoms with Gasteiger partial charge in [-0.15, -0.1) is 0 Å². The summed E-state index contributed by atoms with van der Waals surface area (Å²) in [5, 5.41) is 43.8. The summed E-state index contributed by atoms with van der Waals surface area (Å²) in [5.74, 6) is -6.33. The maximum absolute atomic E-state index is 12.9. The van der Waals surface area contributed by atoms with Crippen LogP contribution in [0.15, 0.2) is 24.3 Å². The first kappa shape index (κ1) is 30.8. The van der Waals surface area contributed by atoms with E-state index in [1.807, 2.05) is 0 Å². The van der Waals surface area contributed by atoms with Gasteiger partial charge in [0.25, 0.3) is 0 Å². The lowest BCUT2D eigenvalue weighted by Crippen LogP contribution is -2.58. The van der Waals surface area contributed by atoms with E-state index < -0.39 is 72.8 Å². The average Bonchev–Trinajstić information content (AvgIpc) is 2.83. The second-order valence-corrected chi connectivity index (χ2v) is 8.12. The minimum atomic E-state index is -1.57. The number of aliphatic hydroxyl groups excluding tert-OH is 1. The van der Waals surface area contributed by atoms with Crippen LogP contribution < -0.4 is 27.4 Å². The van der Waals surface area contributed by atoms with Crippen LogP contribution in [-0.4, -0.2) is 86.8 Å². The van der Waals surface area contributed by atoms with Gasteiger partial charge in [0.15, 0.2) is 0 Å². The Morgan fingerprint density at radius 2 is 1.32 bits per heavy atom. The lowest BCUT2D eigenvalue weighted by atomic mass is 10.0. The molecule has 0 bridgehead atoms. The third-order valence-corrected chi connectivity index (χ3v) is 5.12. The highest BCUT2D eigenvalue weighted by Crippen LogP contribution is 2.12. The monoisotopic (exact) mass is 525 g/mol. The number of carbonyl (C=O) groups is 6. The van der Waals surface area contributed by atoms with Gasteiger partial charge in [0.2, 0.25) is 23.6 Å². The molecule has 0 aliphatic rings. The number of phenols is 1. The molecule has 37 heavy (non-hydrogen) atoms. The lowest BCUT2D eigenvalue weighted by Gasteiger charge is -2.24. The molecule has 1 aromatic carbocycles. The molecule has 4 atom stereocenters. The maximum Gasteiger partial charge on any atom is 0.326 e. The van der Waals surface area contributed by atoms with Crippen molar-refractivity contribution >= 4 is 35.6 Å². The van der Waals surface area contributed by atoms with Crippen LogP contribution in [0.1, 0.15) is 31.2 Å². The number of nitrogens with two attached hydrogens (primary N) is 2. The Labute approximate surface area is 211 Å². The highest BCUT2D eigenvalue weighted by molar-refractivity contribution is 5.94. The number of nitrogens with one attached hydrogen (secondary N) is 3. The number of amides is 4. The summed E-state index contributed by atoms with van der Waals surface area (Å²) in [6.07, 6.45) is -1.44. The normalized spacial score (nSPS) is 13.9. The minimum absolute atomic E-state index is 0.0616. The van der Waals surface area contributed by atoms with Gasteiger partial charge in [0, 0.05) is 19.3 Å². The Kier molecular flexibility index (Phi) is 12.5. The molecule has 0 aliphatic carbocycles. The van der Waals surface area contributed by atoms with Crippen LogP contribution in [0, 0.1) is 0 Å². The molecule has 15 nitrogen and oxygen atoms in total. The highest BCUT2D eigenvalue weighted by Gasteiger charge is 2.30. The Morgan fingerprint density at radius 3 is 1.84 bits per heavy atom. The van der Waals surface area contributed by atoms with E-state index in [1.165, 1.54) is 24.3 Å². The number of carboxylic acid groups (broad SMARTS) is 2. The number of aromatic hydroxyl groups is 1. The molecule has 15 heteroatoms. The van der Waals surface area contributed by atoms with Crippen molar-refractivity contribution in [1.29, 1.82) is 0 Å². The molecule has 0 fully saturated rings. The van der Waals surface area contributed by atoms with E-state index in [-0.39, 0.29) is 31.4 Å². The van der Waals surface area contributed by atoms with Crippen LogP contribution in [0.2, 0.25) is 0 Å². The molecule has 11 N–H and O–H groups in total. The van der Waals surface area contributed by atoms with Crippen molar-refractivity contribution < 1.29 is 49.2 Å². The lowest BCUT2D eigenvalue weighted by molar-refractivity contribution is -0.142. The van der Waals surface area contributed by atoms with Gasteiger partial charge in [-0.05, 0) is 30.5 Å². The van der Waals surface area contributed by atoms with Crippen LogP contribution in [-0.2, 0) is 35.2 Å². The van der Waals surface area contributed by atoms with Crippen molar-refractivity contribution in [1.82, 2.24) is 16.0 Å². The Hall–Kier alpha value is -4.24. The number of hydrogen-bond donors (Lipinski definition) is 9. The summed E-state index contributed by atoms with van der Waals surface area (Å²) in [5.41, 5.74) is 11.1. The number of benzene rings is 1. The van der Waals surface area contributed by atoms with Crippen LogP contribution >= 0.6 is 0 Å². The maximum atomic E-state index is 12.9. The zero-order valence-electron chi connectivity index (χ0n) is 19.8. The van der Waals surface area contributed by atoms with Gasteiger partial charge in [-0.3, -0.25) is 24.0 Å². The molecule has 0 saturated carbocycles. The van der Waals surface area contributed by atoms with Crippen molar-refractivity contribution in [2.45, 2.75) is 56.3 Å². The van der Waals surface area contributed by atoms with E-state index in [4.69, 9.17) is 16.6 Å². The van der Waals surface area contributed by atoms with E-state index in [0.29, 0.717) is 5.56 Å². The minimum Gasteiger partial charge on any atom is -0.508 e. The molecule has 0 saturated heterocycles. The summed E-state index contributed by atoms with van der Waals surface area (Å²) < 4.78 is 0. The zero-order valence-corrected chi connectivity index (χ0v) is 19.8. The molecule has 204 valence electrons. The Morgan fingerprint density at radius 1 is 0.784 bits per heavy atom. The fourth-order valence-corrected chi connectivity index (χ4v) is 3.05. The largest absolute Gasteiger partial charge is 0.508 e. The number of carboxylic acids is 2. The molecule has 4 unspecified atom stereocenters. The zero-order chi connectivity index (χ0) is 28.1. The molecule has 0 heterocycles. The molecule has 0 spiro atoms. The Balaban J connectivity index is 3.03. The topological polar surface area (TPSA) is 271 Å². The smallest absolute Gasteiger partial charge is 0.326 e. The van der Waals surface area contributed by atoms with E-state index in [2.05, 4.69) is 16.0 Å². The number of primary amides is 1. The highest BCUT2D eigenvalue weighted by atomic mass is 16.4. The van der Waals surface area contributed by atoms with Crippen molar-refractivity contribution in [3.8, 4) is 5.75 Å². The molecule has 4 amide bonds. The predicted octanol–water partition coefficient (Wildman–Crippen LogP) is -3.08. The summed E-state index contributed by atoms with van der Waals surface area (Å²) in [6.45, 7) is -0.896. The van der Waals surface area contributed by atoms with Crippen LogP contribution in [0.25, 0.3) is 0 Å². The van der Waals surface area contributed by atoms with Crippen molar-refractivity contribution in [2.24, 2.45) is 11.5 Å². The van der Waals surface area contributed by atoms with E-state index >= 15 is 0 Å². The van der Waals surface area contributed by atoms with E-state index in [1.54, 1.807) is 0 Å². The predicted molar refractivity (Wildman–Crippen MR) is 126 cm³/mol. The van der Waals surface area contributed by atoms with Gasteiger partial charge in [-0.2, -0.15) is 0 Å². The molecule has 0 aliphatic heterocycles. The number of hydrogen-bond acceptors (Lipinski definition) is 9. The van der Waals surface area contributed by atoms with Gasteiger partial charge in [0.1, 0.15) is 23.9 Å². The molecule has 1 rings (SSSR count).